The minimum Gasteiger partial charge on any atom is -0.274 e. The summed E-state index contributed by atoms with van der Waals surface area (Å²) in [6.07, 6.45) is 0.993. The quantitative estimate of drug-likeness (QED) is 0.463. The Hall–Kier alpha value is -1.18. The van der Waals surface area contributed by atoms with Crippen molar-refractivity contribution in [3.63, 3.8) is 0 Å². The van der Waals surface area contributed by atoms with Crippen LogP contribution in [0, 0.1) is 10.1 Å². The van der Waals surface area contributed by atoms with Crippen molar-refractivity contribution in [2.45, 2.75) is 0 Å². The summed E-state index contributed by atoms with van der Waals surface area (Å²) in [5, 5.41) is 10.3. The van der Waals surface area contributed by atoms with Crippen LogP contribution in [0.3, 0.4) is 0 Å². The summed E-state index contributed by atoms with van der Waals surface area (Å²) in [6, 6.07) is 6.07. The first-order valence-corrected chi connectivity index (χ1v) is 6.12. The van der Waals surface area contributed by atoms with Crippen molar-refractivity contribution in [2.24, 2.45) is 0 Å². The molecule has 0 bridgehead atoms. The van der Waals surface area contributed by atoms with Crippen LogP contribution in [0.25, 0.3) is 0 Å². The van der Waals surface area contributed by atoms with Gasteiger partial charge in [0.1, 0.15) is 5.02 Å². The van der Waals surface area contributed by atoms with Gasteiger partial charge in [-0.25, -0.2) is 0 Å². The van der Waals surface area contributed by atoms with E-state index in [0.717, 1.165) is 13.4 Å². The van der Waals surface area contributed by atoms with Crippen LogP contribution in [0.4, 0.5) is 5.69 Å². The summed E-state index contributed by atoms with van der Waals surface area (Å²) in [7, 11) is -2.04. The lowest BCUT2D eigenvalue weighted by Gasteiger charge is -1.90. The van der Waals surface area contributed by atoms with Crippen LogP contribution in [0.2, 0.25) is 5.02 Å². The van der Waals surface area contributed by atoms with Crippen molar-refractivity contribution in [2.75, 3.05) is 13.4 Å². The zero-order chi connectivity index (χ0) is 12.8. The molecule has 1 aromatic rings. The first-order chi connectivity index (χ1) is 7.28. The van der Waals surface area contributed by atoms with Crippen LogP contribution in [0.15, 0.2) is 24.3 Å². The van der Waals surface area contributed by atoms with E-state index in [1.165, 1.54) is 12.1 Å². The molecule has 0 spiro atoms. The Kier molecular flexibility index (Phi) is 5.94. The number of nitro groups is 1. The van der Waals surface area contributed by atoms with Crippen LogP contribution in [0.5, 0.6) is 0 Å². The molecule has 0 aliphatic rings. The van der Waals surface area contributed by atoms with Crippen LogP contribution < -0.4 is 0 Å². The van der Waals surface area contributed by atoms with Gasteiger partial charge in [0.15, 0.2) is 0 Å². The molecule has 0 heterocycles. The number of benzene rings is 1. The van der Waals surface area contributed by atoms with Crippen LogP contribution in [0.1, 0.15) is 0 Å². The highest BCUT2D eigenvalue weighted by Gasteiger charge is 2.08. The number of rotatable bonds is 2. The summed E-state index contributed by atoms with van der Waals surface area (Å²) >= 11 is 5.48. The Morgan fingerprint density at radius 1 is 1.38 bits per heavy atom. The predicted octanol–water partition coefficient (Wildman–Crippen LogP) is 1.84. The van der Waals surface area contributed by atoms with Gasteiger partial charge in [0.2, 0.25) is 0 Å². The molecule has 6 nitrogen and oxygen atoms in total. The van der Waals surface area contributed by atoms with Gasteiger partial charge in [0, 0.05) is 6.07 Å². The van der Waals surface area contributed by atoms with Crippen molar-refractivity contribution in [3.05, 3.63) is 39.4 Å². The second-order valence-corrected chi connectivity index (χ2v) is 4.73. The average molecular weight is 268 g/mol. The highest BCUT2D eigenvalue weighted by atomic mass is 35.5. The molecule has 0 aliphatic carbocycles. The molecule has 0 fully saturated rings. The summed E-state index contributed by atoms with van der Waals surface area (Å²) in [4.78, 5) is 9.63. The van der Waals surface area contributed by atoms with E-state index in [0.29, 0.717) is 0 Å². The minimum atomic E-state index is -3.16. The zero-order valence-corrected chi connectivity index (χ0v) is 10.2. The Bertz CT molecular complexity index is 459. The predicted molar refractivity (Wildman–Crippen MR) is 60.0 cm³/mol. The molecule has 0 amide bonds. The molecule has 1 aromatic carbocycles. The fourth-order valence-corrected chi connectivity index (χ4v) is 0.805. The first kappa shape index (κ1) is 14.8. The maximum atomic E-state index is 10.1. The molecule has 8 heteroatoms. The molecule has 0 N–H and O–H groups in total. The van der Waals surface area contributed by atoms with Crippen LogP contribution >= 0.6 is 11.6 Å². The van der Waals surface area contributed by atoms with Crippen molar-refractivity contribution in [1.82, 2.24) is 0 Å². The second-order valence-electron chi connectivity index (χ2n) is 2.58. The van der Waals surface area contributed by atoms with E-state index in [9.17, 15) is 18.5 Å². The standard InChI is InChI=1S/C6H4ClNO2.C2H6O3S/c7-5-3-1-2-4-6(5)8(9)10;1-5-6(2,3)4/h1-4H;1-2H3. The number of nitrogens with zero attached hydrogens (tertiary/aromatic N) is 1. The van der Waals surface area contributed by atoms with Crippen LogP contribution in [-0.4, -0.2) is 26.7 Å². The number of para-hydroxylation sites is 1. The van der Waals surface area contributed by atoms with Crippen molar-refractivity contribution < 1.29 is 17.5 Å². The van der Waals surface area contributed by atoms with Crippen molar-refractivity contribution in [1.29, 1.82) is 0 Å². The number of nitro benzene ring substituents is 1. The molecule has 0 unspecified atom stereocenters. The molecule has 1 rings (SSSR count). The molecule has 90 valence electrons. The van der Waals surface area contributed by atoms with Gasteiger partial charge in [0.05, 0.1) is 18.3 Å². The first-order valence-electron chi connectivity index (χ1n) is 3.92. The van der Waals surface area contributed by atoms with Gasteiger partial charge in [-0.3, -0.25) is 14.3 Å². The highest BCUT2D eigenvalue weighted by molar-refractivity contribution is 7.85. The molecule has 0 aromatic heterocycles. The lowest BCUT2D eigenvalue weighted by Crippen LogP contribution is -1.95. The fraction of sp³-hybridized carbons (Fsp3) is 0.250. The third-order valence-electron chi connectivity index (χ3n) is 1.35. The molecular formula is C8H10ClNO5S. The maximum absolute atomic E-state index is 10.1. The lowest BCUT2D eigenvalue weighted by atomic mass is 10.3. The summed E-state index contributed by atoms with van der Waals surface area (Å²) in [5.74, 6) is 0. The van der Waals surface area contributed by atoms with E-state index in [2.05, 4.69) is 4.18 Å². The zero-order valence-electron chi connectivity index (χ0n) is 8.58. The minimum absolute atomic E-state index is 0.0517. The van der Waals surface area contributed by atoms with Crippen molar-refractivity contribution >= 4 is 27.4 Å². The second kappa shape index (κ2) is 6.41. The summed E-state index contributed by atoms with van der Waals surface area (Å²) < 4.78 is 23.5. The molecule has 16 heavy (non-hydrogen) atoms. The molecule has 0 aliphatic heterocycles. The SMILES string of the molecule is COS(C)(=O)=O.O=[N+]([O-])c1ccccc1Cl. The summed E-state index contributed by atoms with van der Waals surface area (Å²) in [6.45, 7) is 0. The molecular weight excluding hydrogens is 258 g/mol. The van der Waals surface area contributed by atoms with Gasteiger partial charge in [0.25, 0.3) is 15.8 Å². The Morgan fingerprint density at radius 2 is 1.81 bits per heavy atom. The van der Waals surface area contributed by atoms with Gasteiger partial charge < -0.3 is 0 Å². The molecule has 0 radical (unpaired) electrons. The molecule has 0 saturated heterocycles. The number of hydrogen-bond acceptors (Lipinski definition) is 5. The average Bonchev–Trinajstić information content (AvgIpc) is 2.18. The van der Waals surface area contributed by atoms with Gasteiger partial charge in [-0.05, 0) is 6.07 Å². The third kappa shape index (κ3) is 6.33. The highest BCUT2D eigenvalue weighted by Crippen LogP contribution is 2.21. The monoisotopic (exact) mass is 267 g/mol. The van der Waals surface area contributed by atoms with Crippen molar-refractivity contribution in [3.8, 4) is 0 Å². The Labute approximate surface area is 98.1 Å². The van der Waals surface area contributed by atoms with E-state index in [-0.39, 0.29) is 10.7 Å². The lowest BCUT2D eigenvalue weighted by molar-refractivity contribution is -0.384. The van der Waals surface area contributed by atoms with E-state index >= 15 is 0 Å². The maximum Gasteiger partial charge on any atom is 0.287 e. The van der Waals surface area contributed by atoms with E-state index in [4.69, 9.17) is 11.6 Å². The van der Waals surface area contributed by atoms with Gasteiger partial charge in [-0.1, -0.05) is 23.7 Å². The number of hydrogen-bond donors (Lipinski definition) is 0. The Morgan fingerprint density at radius 3 is 2.06 bits per heavy atom. The Balaban J connectivity index is 0.000000325. The topological polar surface area (TPSA) is 86.5 Å². The summed E-state index contributed by atoms with van der Waals surface area (Å²) in [5.41, 5.74) is -0.0517. The van der Waals surface area contributed by atoms with Gasteiger partial charge in [-0.2, -0.15) is 8.42 Å². The fourth-order valence-electron chi connectivity index (χ4n) is 0.600. The number of halogens is 1. The molecule has 0 saturated carbocycles. The van der Waals surface area contributed by atoms with E-state index < -0.39 is 15.0 Å². The normalized spacial score (nSPS) is 10.2. The largest absolute Gasteiger partial charge is 0.287 e. The van der Waals surface area contributed by atoms with E-state index in [1.54, 1.807) is 12.1 Å². The van der Waals surface area contributed by atoms with Gasteiger partial charge in [-0.15, -0.1) is 0 Å². The molecule has 0 atom stereocenters. The van der Waals surface area contributed by atoms with Crippen LogP contribution in [-0.2, 0) is 14.3 Å². The smallest absolute Gasteiger partial charge is 0.274 e. The van der Waals surface area contributed by atoms with Gasteiger partial charge >= 0.3 is 0 Å². The third-order valence-corrected chi connectivity index (χ3v) is 2.28. The van der Waals surface area contributed by atoms with E-state index in [1.807, 2.05) is 0 Å².